The van der Waals surface area contributed by atoms with Crippen LogP contribution in [-0.2, 0) is 6.54 Å². The predicted molar refractivity (Wildman–Crippen MR) is 108 cm³/mol. The highest BCUT2D eigenvalue weighted by Gasteiger charge is 2.21. The number of carbonyl (C=O) groups is 1. The zero-order chi connectivity index (χ0) is 18.6. The minimum absolute atomic E-state index is 0.0404. The van der Waals surface area contributed by atoms with Gasteiger partial charge in [0.25, 0.3) is 0 Å². The number of hydrogen-bond acceptors (Lipinski definition) is 4. The van der Waals surface area contributed by atoms with Crippen molar-refractivity contribution in [3.8, 4) is 5.75 Å². The topological polar surface area (TPSA) is 56.8 Å². The van der Waals surface area contributed by atoms with Gasteiger partial charge in [-0.3, -0.25) is 0 Å². The van der Waals surface area contributed by atoms with E-state index in [1.807, 2.05) is 23.1 Å². The Bertz CT molecular complexity index is 816. The van der Waals surface area contributed by atoms with Gasteiger partial charge in [0.1, 0.15) is 12.4 Å². The van der Waals surface area contributed by atoms with Crippen LogP contribution in [0, 0.1) is 6.92 Å². The van der Waals surface area contributed by atoms with Crippen molar-refractivity contribution >= 4 is 17.4 Å². The number of carbonyl (C=O) groups excluding carboxylic acids is 1. The SMILES string of the molecule is Cc1cccc(N2CCN(C(=O)Nc3ccc4c(c3)CNCCO4)CC2)c1. The van der Waals surface area contributed by atoms with Crippen molar-refractivity contribution in [3.63, 3.8) is 0 Å². The van der Waals surface area contributed by atoms with Gasteiger partial charge in [0.05, 0.1) is 0 Å². The first-order valence-corrected chi connectivity index (χ1v) is 9.53. The Kier molecular flexibility index (Phi) is 5.16. The molecule has 4 rings (SSSR count). The summed E-state index contributed by atoms with van der Waals surface area (Å²) in [4.78, 5) is 16.9. The molecule has 2 N–H and O–H groups in total. The molecular weight excluding hydrogens is 340 g/mol. The molecule has 6 nitrogen and oxygen atoms in total. The smallest absolute Gasteiger partial charge is 0.321 e. The first kappa shape index (κ1) is 17.7. The highest BCUT2D eigenvalue weighted by Crippen LogP contribution is 2.24. The van der Waals surface area contributed by atoms with Crippen molar-refractivity contribution in [1.29, 1.82) is 0 Å². The zero-order valence-corrected chi connectivity index (χ0v) is 15.7. The van der Waals surface area contributed by atoms with Gasteiger partial charge in [-0.15, -0.1) is 0 Å². The third kappa shape index (κ3) is 4.17. The Balaban J connectivity index is 1.35. The van der Waals surface area contributed by atoms with Crippen molar-refractivity contribution in [1.82, 2.24) is 10.2 Å². The average molecular weight is 366 g/mol. The summed E-state index contributed by atoms with van der Waals surface area (Å²) in [5.74, 6) is 0.893. The van der Waals surface area contributed by atoms with Gasteiger partial charge in [-0.2, -0.15) is 0 Å². The van der Waals surface area contributed by atoms with Crippen molar-refractivity contribution in [2.75, 3.05) is 49.5 Å². The molecule has 0 aliphatic carbocycles. The fraction of sp³-hybridized carbons (Fsp3) is 0.381. The monoisotopic (exact) mass is 366 g/mol. The maximum Gasteiger partial charge on any atom is 0.321 e. The Morgan fingerprint density at radius 1 is 1.11 bits per heavy atom. The van der Waals surface area contributed by atoms with Gasteiger partial charge < -0.3 is 25.2 Å². The molecule has 27 heavy (non-hydrogen) atoms. The number of anilines is 2. The first-order valence-electron chi connectivity index (χ1n) is 9.53. The fourth-order valence-corrected chi connectivity index (χ4v) is 3.59. The number of aryl methyl sites for hydroxylation is 1. The molecule has 0 radical (unpaired) electrons. The van der Waals surface area contributed by atoms with Crippen LogP contribution in [0.5, 0.6) is 5.75 Å². The molecule has 2 aromatic rings. The van der Waals surface area contributed by atoms with Crippen LogP contribution >= 0.6 is 0 Å². The van der Waals surface area contributed by atoms with Crippen LogP contribution in [0.25, 0.3) is 0 Å². The van der Waals surface area contributed by atoms with E-state index in [1.165, 1.54) is 11.3 Å². The molecule has 0 bridgehead atoms. The average Bonchev–Trinajstić information content (AvgIpc) is 2.93. The Labute approximate surface area is 160 Å². The first-order chi connectivity index (χ1) is 13.2. The maximum absolute atomic E-state index is 12.7. The van der Waals surface area contributed by atoms with Crippen LogP contribution < -0.4 is 20.3 Å². The van der Waals surface area contributed by atoms with Crippen LogP contribution in [0.4, 0.5) is 16.2 Å². The lowest BCUT2D eigenvalue weighted by molar-refractivity contribution is 0.208. The van der Waals surface area contributed by atoms with Gasteiger partial charge in [0.2, 0.25) is 0 Å². The molecule has 2 aliphatic heterocycles. The lowest BCUT2D eigenvalue weighted by Gasteiger charge is -2.36. The molecule has 1 fully saturated rings. The summed E-state index contributed by atoms with van der Waals surface area (Å²) < 4.78 is 5.70. The van der Waals surface area contributed by atoms with Gasteiger partial charge in [-0.1, -0.05) is 12.1 Å². The summed E-state index contributed by atoms with van der Waals surface area (Å²) in [7, 11) is 0. The number of benzene rings is 2. The van der Waals surface area contributed by atoms with Crippen LogP contribution in [0.2, 0.25) is 0 Å². The number of urea groups is 1. The Morgan fingerprint density at radius 2 is 1.96 bits per heavy atom. The van der Waals surface area contributed by atoms with Crippen LogP contribution in [0.3, 0.4) is 0 Å². The molecule has 2 aliphatic rings. The number of nitrogens with one attached hydrogen (secondary N) is 2. The number of rotatable bonds is 2. The van der Waals surface area contributed by atoms with Crippen molar-refractivity contribution in [2.45, 2.75) is 13.5 Å². The number of ether oxygens (including phenoxy) is 1. The van der Waals surface area contributed by atoms with E-state index in [0.717, 1.165) is 56.3 Å². The minimum Gasteiger partial charge on any atom is -0.492 e. The third-order valence-electron chi connectivity index (χ3n) is 5.10. The van der Waals surface area contributed by atoms with E-state index < -0.39 is 0 Å². The summed E-state index contributed by atoms with van der Waals surface area (Å²) in [6, 6.07) is 14.3. The second kappa shape index (κ2) is 7.88. The number of hydrogen-bond donors (Lipinski definition) is 2. The molecule has 0 spiro atoms. The highest BCUT2D eigenvalue weighted by atomic mass is 16.5. The molecule has 0 aromatic heterocycles. The largest absolute Gasteiger partial charge is 0.492 e. The third-order valence-corrected chi connectivity index (χ3v) is 5.10. The number of nitrogens with zero attached hydrogens (tertiary/aromatic N) is 2. The van der Waals surface area contributed by atoms with Crippen LogP contribution in [0.1, 0.15) is 11.1 Å². The molecule has 142 valence electrons. The van der Waals surface area contributed by atoms with Gasteiger partial charge in [0, 0.05) is 56.2 Å². The van der Waals surface area contributed by atoms with Gasteiger partial charge in [0.15, 0.2) is 0 Å². The van der Waals surface area contributed by atoms with Gasteiger partial charge >= 0.3 is 6.03 Å². The Morgan fingerprint density at radius 3 is 2.78 bits per heavy atom. The van der Waals surface area contributed by atoms with Crippen molar-refractivity contribution in [2.24, 2.45) is 0 Å². The van der Waals surface area contributed by atoms with Gasteiger partial charge in [-0.25, -0.2) is 4.79 Å². The van der Waals surface area contributed by atoms with E-state index in [1.54, 1.807) is 0 Å². The highest BCUT2D eigenvalue weighted by molar-refractivity contribution is 5.89. The van der Waals surface area contributed by atoms with Gasteiger partial charge in [-0.05, 0) is 42.8 Å². The van der Waals surface area contributed by atoms with Crippen molar-refractivity contribution < 1.29 is 9.53 Å². The van der Waals surface area contributed by atoms with Crippen molar-refractivity contribution in [3.05, 3.63) is 53.6 Å². The second-order valence-corrected chi connectivity index (χ2v) is 7.09. The van der Waals surface area contributed by atoms with E-state index in [0.29, 0.717) is 6.61 Å². The van der Waals surface area contributed by atoms with Crippen LogP contribution in [-0.4, -0.2) is 50.3 Å². The Hall–Kier alpha value is -2.73. The predicted octanol–water partition coefficient (Wildman–Crippen LogP) is 2.83. The molecule has 6 heteroatoms. The summed E-state index contributed by atoms with van der Waals surface area (Å²) in [5, 5.41) is 6.35. The zero-order valence-electron chi connectivity index (χ0n) is 15.7. The molecule has 2 heterocycles. The van der Waals surface area contributed by atoms with E-state index in [4.69, 9.17) is 4.74 Å². The second-order valence-electron chi connectivity index (χ2n) is 7.09. The lowest BCUT2D eigenvalue weighted by Crippen LogP contribution is -2.50. The summed E-state index contributed by atoms with van der Waals surface area (Å²) >= 11 is 0. The van der Waals surface area contributed by atoms with E-state index in [2.05, 4.69) is 46.7 Å². The number of amides is 2. The minimum atomic E-state index is -0.0404. The fourth-order valence-electron chi connectivity index (χ4n) is 3.59. The normalized spacial score (nSPS) is 16.9. The van der Waals surface area contributed by atoms with E-state index >= 15 is 0 Å². The summed E-state index contributed by atoms with van der Waals surface area (Å²) in [6.45, 7) is 7.50. The maximum atomic E-state index is 12.7. The quantitative estimate of drug-likeness (QED) is 0.858. The standard InChI is InChI=1S/C21H26N4O2/c1-16-3-2-4-19(13-16)24-8-10-25(11-9-24)21(26)23-18-5-6-20-17(14-18)15-22-7-12-27-20/h2-6,13-14,22H,7-12,15H2,1H3,(H,23,26). The number of piperazine rings is 1. The number of fused-ring (bicyclic) bond motifs is 1. The molecule has 0 atom stereocenters. The van der Waals surface area contributed by atoms with E-state index in [9.17, 15) is 4.79 Å². The lowest BCUT2D eigenvalue weighted by atomic mass is 10.1. The molecule has 0 unspecified atom stereocenters. The molecule has 2 aromatic carbocycles. The molecule has 1 saturated heterocycles. The molecule has 2 amide bonds. The van der Waals surface area contributed by atoms with E-state index in [-0.39, 0.29) is 6.03 Å². The molecule has 0 saturated carbocycles. The molecular formula is C21H26N4O2. The van der Waals surface area contributed by atoms with Crippen LogP contribution in [0.15, 0.2) is 42.5 Å². The summed E-state index contributed by atoms with van der Waals surface area (Å²) in [6.07, 6.45) is 0. The summed E-state index contributed by atoms with van der Waals surface area (Å²) in [5.41, 5.74) is 4.38.